The number of benzene rings is 2. The molecule has 1 aliphatic rings. The number of quaternary nitrogens is 1. The zero-order valence-corrected chi connectivity index (χ0v) is 17.5. The first-order chi connectivity index (χ1) is 14.6. The maximum absolute atomic E-state index is 12.8. The van der Waals surface area contributed by atoms with E-state index >= 15 is 0 Å². The Labute approximate surface area is 177 Å². The molecule has 30 heavy (non-hydrogen) atoms. The molecule has 2 aromatic heterocycles. The van der Waals surface area contributed by atoms with Crippen molar-refractivity contribution in [2.75, 3.05) is 18.4 Å². The van der Waals surface area contributed by atoms with Crippen molar-refractivity contribution in [3.05, 3.63) is 58.0 Å². The van der Waals surface area contributed by atoms with Crippen LogP contribution in [0.3, 0.4) is 0 Å². The molecule has 0 radical (unpaired) electrons. The number of thiazole rings is 1. The van der Waals surface area contributed by atoms with Crippen LogP contribution in [0.2, 0.25) is 0 Å². The van der Waals surface area contributed by atoms with E-state index in [2.05, 4.69) is 33.5 Å². The van der Waals surface area contributed by atoms with E-state index in [-0.39, 0.29) is 17.6 Å². The van der Waals surface area contributed by atoms with Crippen LogP contribution in [0.15, 0.2) is 47.3 Å². The van der Waals surface area contributed by atoms with Crippen molar-refractivity contribution < 1.29 is 9.69 Å². The molecule has 5 rings (SSSR count). The number of aromatic nitrogens is 3. The predicted molar refractivity (Wildman–Crippen MR) is 119 cm³/mol. The van der Waals surface area contributed by atoms with Crippen LogP contribution in [0.25, 0.3) is 21.3 Å². The van der Waals surface area contributed by atoms with Gasteiger partial charge in [0.05, 0.1) is 39.3 Å². The number of likely N-dealkylation sites (tertiary alicyclic amines) is 1. The Hall–Kier alpha value is -2.97. The van der Waals surface area contributed by atoms with E-state index in [4.69, 9.17) is 4.98 Å². The second kappa shape index (κ2) is 7.70. The maximum Gasteiger partial charge on any atom is 0.323 e. The Morgan fingerprint density at radius 1 is 1.17 bits per heavy atom. The number of hydrogen-bond donors (Lipinski definition) is 4. The van der Waals surface area contributed by atoms with E-state index in [9.17, 15) is 9.59 Å². The van der Waals surface area contributed by atoms with Gasteiger partial charge in [0.2, 0.25) is 0 Å². The van der Waals surface area contributed by atoms with Gasteiger partial charge in [-0.2, -0.15) is 0 Å². The minimum atomic E-state index is -0.248. The highest BCUT2D eigenvalue weighted by Crippen LogP contribution is 2.31. The number of H-pyrrole nitrogens is 2. The molecule has 0 spiro atoms. The van der Waals surface area contributed by atoms with Gasteiger partial charge >= 0.3 is 5.69 Å². The zero-order valence-electron chi connectivity index (χ0n) is 16.7. The number of nitrogens with zero attached hydrogens (tertiary/aromatic N) is 1. The van der Waals surface area contributed by atoms with Crippen molar-refractivity contribution >= 4 is 44.2 Å². The molecule has 1 atom stereocenters. The molecule has 1 fully saturated rings. The number of nitrogens with one attached hydrogen (secondary N) is 4. The lowest BCUT2D eigenvalue weighted by Crippen LogP contribution is -3.17. The third kappa shape index (κ3) is 3.64. The fourth-order valence-corrected chi connectivity index (χ4v) is 5.42. The van der Waals surface area contributed by atoms with Crippen LogP contribution >= 0.6 is 11.3 Å². The number of anilines is 1. The van der Waals surface area contributed by atoms with Crippen LogP contribution in [0.4, 0.5) is 5.69 Å². The van der Waals surface area contributed by atoms with Crippen molar-refractivity contribution in [2.24, 2.45) is 0 Å². The molecule has 4 aromatic rings. The van der Waals surface area contributed by atoms with E-state index in [1.54, 1.807) is 23.5 Å². The van der Waals surface area contributed by atoms with Crippen molar-refractivity contribution in [1.29, 1.82) is 0 Å². The number of piperidine rings is 1. The summed E-state index contributed by atoms with van der Waals surface area (Å²) < 4.78 is 1.25. The zero-order chi connectivity index (χ0) is 20.7. The summed E-state index contributed by atoms with van der Waals surface area (Å²) in [7, 11) is 0. The van der Waals surface area contributed by atoms with Crippen molar-refractivity contribution in [3.63, 3.8) is 0 Å². The van der Waals surface area contributed by atoms with E-state index in [1.807, 2.05) is 19.1 Å². The number of fused-ring (bicyclic) bond motifs is 2. The summed E-state index contributed by atoms with van der Waals surface area (Å²) in [6.07, 6.45) is 2.09. The molecule has 4 N–H and O–H groups in total. The molecule has 0 saturated carbocycles. The molecule has 8 heteroatoms. The first kappa shape index (κ1) is 19.0. The van der Waals surface area contributed by atoms with Gasteiger partial charge in [0.1, 0.15) is 0 Å². The lowest BCUT2D eigenvalue weighted by molar-refractivity contribution is -0.919. The van der Waals surface area contributed by atoms with Crippen LogP contribution in [0.1, 0.15) is 30.7 Å². The van der Waals surface area contributed by atoms with Crippen LogP contribution < -0.4 is 15.9 Å². The second-order valence-corrected chi connectivity index (χ2v) is 9.07. The minimum absolute atomic E-state index is 0.000620. The normalized spacial score (nSPS) is 20.4. The summed E-state index contributed by atoms with van der Waals surface area (Å²) in [6.45, 7) is 3.90. The van der Waals surface area contributed by atoms with Gasteiger partial charge < -0.3 is 20.2 Å². The van der Waals surface area contributed by atoms with Crippen molar-refractivity contribution in [3.8, 4) is 0 Å². The largest absolute Gasteiger partial charge is 0.325 e. The van der Waals surface area contributed by atoms with Gasteiger partial charge in [0.15, 0.2) is 6.04 Å². The molecule has 0 unspecified atom stereocenters. The fourth-order valence-electron chi connectivity index (χ4n) is 4.28. The Bertz CT molecular complexity index is 1230. The molecule has 0 bridgehead atoms. The molecule has 1 aliphatic heterocycles. The Morgan fingerprint density at radius 2 is 1.93 bits per heavy atom. The number of hydrogen-bond acceptors (Lipinski definition) is 4. The van der Waals surface area contributed by atoms with Gasteiger partial charge in [-0.1, -0.05) is 12.1 Å². The van der Waals surface area contributed by atoms with Gasteiger partial charge in [0, 0.05) is 24.4 Å². The number of carbonyl (C=O) groups excluding carboxylic acids is 1. The van der Waals surface area contributed by atoms with Gasteiger partial charge in [0.25, 0.3) is 5.91 Å². The van der Waals surface area contributed by atoms with E-state index in [0.717, 1.165) is 37.0 Å². The molecule has 154 valence electrons. The second-order valence-electron chi connectivity index (χ2n) is 8.00. The van der Waals surface area contributed by atoms with Crippen LogP contribution in [0, 0.1) is 0 Å². The maximum atomic E-state index is 12.8. The molecular weight excluding hydrogens is 398 g/mol. The minimum Gasteiger partial charge on any atom is -0.325 e. The molecular formula is C22H24N5O2S+. The first-order valence-electron chi connectivity index (χ1n) is 10.3. The number of amides is 1. The van der Waals surface area contributed by atoms with E-state index < -0.39 is 0 Å². The first-order valence-corrected chi connectivity index (χ1v) is 11.1. The van der Waals surface area contributed by atoms with Crippen LogP contribution in [-0.4, -0.2) is 40.0 Å². The topological polar surface area (TPSA) is 95.1 Å². The number of carbonyl (C=O) groups is 1. The Morgan fingerprint density at radius 3 is 2.73 bits per heavy atom. The standard InChI is InChI=1S/C22H23N5O2S/c1-13(20(28)23-15-6-7-16-18(12-15)26-22(29)25-16)27-10-8-14(9-11-27)21-24-17-4-2-3-5-19(17)30-21/h2-7,12-14H,8-11H2,1H3,(H,23,28)(H2,25,26,29)/p+1/t13-/m0/s1. The summed E-state index contributed by atoms with van der Waals surface area (Å²) in [5.41, 5.74) is 2.95. The predicted octanol–water partition coefficient (Wildman–Crippen LogP) is 2.26. The van der Waals surface area contributed by atoms with Crippen molar-refractivity contribution in [2.45, 2.75) is 31.7 Å². The average Bonchev–Trinajstić information content (AvgIpc) is 3.35. The van der Waals surface area contributed by atoms with E-state index in [1.165, 1.54) is 14.6 Å². The highest BCUT2D eigenvalue weighted by molar-refractivity contribution is 7.18. The fraction of sp³-hybridized carbons (Fsp3) is 0.318. The Balaban J connectivity index is 1.21. The molecule has 2 aromatic carbocycles. The summed E-state index contributed by atoms with van der Waals surface area (Å²) in [6, 6.07) is 13.5. The van der Waals surface area contributed by atoms with Gasteiger partial charge in [-0.25, -0.2) is 9.78 Å². The monoisotopic (exact) mass is 422 g/mol. The highest BCUT2D eigenvalue weighted by atomic mass is 32.1. The van der Waals surface area contributed by atoms with E-state index in [0.29, 0.717) is 17.1 Å². The van der Waals surface area contributed by atoms with Crippen LogP contribution in [-0.2, 0) is 4.79 Å². The van der Waals surface area contributed by atoms with Gasteiger partial charge in [-0.3, -0.25) is 4.79 Å². The van der Waals surface area contributed by atoms with Crippen LogP contribution in [0.5, 0.6) is 0 Å². The smallest absolute Gasteiger partial charge is 0.323 e. The van der Waals surface area contributed by atoms with Crippen molar-refractivity contribution in [1.82, 2.24) is 15.0 Å². The molecule has 0 aliphatic carbocycles. The summed E-state index contributed by atoms with van der Waals surface area (Å²) in [5.74, 6) is 0.481. The summed E-state index contributed by atoms with van der Waals surface area (Å²) in [5, 5.41) is 4.22. The average molecular weight is 423 g/mol. The lowest BCUT2D eigenvalue weighted by atomic mass is 9.96. The summed E-state index contributed by atoms with van der Waals surface area (Å²) in [4.78, 5) is 35.8. The molecule has 7 nitrogen and oxygen atoms in total. The number of imidazole rings is 1. The molecule has 1 amide bonds. The lowest BCUT2D eigenvalue weighted by Gasteiger charge is -2.31. The highest BCUT2D eigenvalue weighted by Gasteiger charge is 2.32. The third-order valence-electron chi connectivity index (χ3n) is 6.08. The molecule has 1 saturated heterocycles. The van der Waals surface area contributed by atoms with Gasteiger partial charge in [-0.15, -0.1) is 11.3 Å². The third-order valence-corrected chi connectivity index (χ3v) is 7.28. The molecule has 3 heterocycles. The number of aromatic amines is 2. The number of rotatable bonds is 4. The quantitative estimate of drug-likeness (QED) is 0.406. The Kier molecular flexibility index (Phi) is 4.88. The SMILES string of the molecule is C[C@@H](C(=O)Nc1ccc2[nH]c(=O)[nH]c2c1)[NH+]1CCC(c2nc3ccccc3s2)CC1. The summed E-state index contributed by atoms with van der Waals surface area (Å²) >= 11 is 1.80. The van der Waals surface area contributed by atoms with Gasteiger partial charge in [-0.05, 0) is 37.3 Å². The number of para-hydroxylation sites is 1.